The molecule has 2 aromatic rings. The number of rotatable bonds is 3. The van der Waals surface area contributed by atoms with E-state index in [0.29, 0.717) is 19.7 Å². The molecule has 1 fully saturated rings. The number of carbonyl (C=O) groups is 1. The summed E-state index contributed by atoms with van der Waals surface area (Å²) in [7, 11) is 3.97. The van der Waals surface area contributed by atoms with Gasteiger partial charge >= 0.3 is 0 Å². The number of morpholine rings is 1. The minimum atomic E-state index is -0.241. The average molecular weight is 316 g/mol. The molecule has 7 heteroatoms. The minimum absolute atomic E-state index is 0.170. The highest BCUT2D eigenvalue weighted by Crippen LogP contribution is 2.25. The van der Waals surface area contributed by atoms with E-state index in [0.717, 1.165) is 17.1 Å². The Labute approximate surface area is 134 Å². The summed E-state index contributed by atoms with van der Waals surface area (Å²) in [5, 5.41) is 0. The van der Waals surface area contributed by atoms with E-state index in [1.165, 1.54) is 12.6 Å². The maximum Gasteiger partial charge on any atom is 0.291 e. The molecule has 1 atom stereocenters. The second-order valence-electron chi connectivity index (χ2n) is 5.76. The molecule has 1 aliphatic rings. The topological polar surface area (TPSA) is 71.7 Å². The fourth-order valence-electron chi connectivity index (χ4n) is 2.59. The highest BCUT2D eigenvalue weighted by Gasteiger charge is 2.28. The number of pyridine rings is 1. The molecule has 0 saturated carbocycles. The lowest BCUT2D eigenvalue weighted by atomic mass is 10.1. The molecule has 2 aromatic heterocycles. The Morgan fingerprint density at radius 2 is 2.22 bits per heavy atom. The SMILES string of the molecule is Cc1cc(N(C)C)cc([C@H]2CN(C(=O)c3cnco3)CCO2)n1. The van der Waals surface area contributed by atoms with Crippen LogP contribution in [0.2, 0.25) is 0 Å². The summed E-state index contributed by atoms with van der Waals surface area (Å²) < 4.78 is 10.9. The molecule has 3 rings (SSSR count). The minimum Gasteiger partial charge on any atom is -0.438 e. The van der Waals surface area contributed by atoms with Gasteiger partial charge in [0.15, 0.2) is 6.39 Å². The monoisotopic (exact) mass is 316 g/mol. The Morgan fingerprint density at radius 1 is 1.39 bits per heavy atom. The van der Waals surface area contributed by atoms with E-state index in [9.17, 15) is 4.79 Å². The molecule has 122 valence electrons. The number of anilines is 1. The molecule has 0 aliphatic carbocycles. The molecule has 0 radical (unpaired) electrons. The molecular formula is C16H20N4O3. The number of amides is 1. The largest absolute Gasteiger partial charge is 0.438 e. The van der Waals surface area contributed by atoms with E-state index in [4.69, 9.17) is 9.15 Å². The molecule has 1 saturated heterocycles. The van der Waals surface area contributed by atoms with Gasteiger partial charge in [0.05, 0.1) is 25.0 Å². The molecule has 0 spiro atoms. The lowest BCUT2D eigenvalue weighted by Gasteiger charge is -2.32. The van der Waals surface area contributed by atoms with Crippen LogP contribution in [-0.4, -0.2) is 54.6 Å². The normalized spacial score (nSPS) is 18.0. The number of oxazole rings is 1. The van der Waals surface area contributed by atoms with E-state index in [2.05, 4.69) is 9.97 Å². The number of nitrogens with zero attached hydrogens (tertiary/aromatic N) is 4. The van der Waals surface area contributed by atoms with E-state index in [1.54, 1.807) is 4.90 Å². The van der Waals surface area contributed by atoms with Gasteiger partial charge in [0.1, 0.15) is 6.10 Å². The van der Waals surface area contributed by atoms with Crippen LogP contribution < -0.4 is 4.90 Å². The Hall–Kier alpha value is -2.41. The number of carbonyl (C=O) groups excluding carboxylic acids is 1. The lowest BCUT2D eigenvalue weighted by Crippen LogP contribution is -2.42. The van der Waals surface area contributed by atoms with Crippen molar-refractivity contribution in [2.24, 2.45) is 0 Å². The van der Waals surface area contributed by atoms with E-state index < -0.39 is 0 Å². The molecule has 0 bridgehead atoms. The van der Waals surface area contributed by atoms with Crippen molar-refractivity contribution in [1.82, 2.24) is 14.9 Å². The molecule has 0 N–H and O–H groups in total. The van der Waals surface area contributed by atoms with Crippen LogP contribution in [0.15, 0.2) is 29.1 Å². The maximum absolute atomic E-state index is 12.4. The first-order valence-electron chi connectivity index (χ1n) is 7.50. The highest BCUT2D eigenvalue weighted by molar-refractivity contribution is 5.91. The van der Waals surface area contributed by atoms with Crippen molar-refractivity contribution in [2.75, 3.05) is 38.7 Å². The maximum atomic E-state index is 12.4. The molecular weight excluding hydrogens is 296 g/mol. The van der Waals surface area contributed by atoms with Crippen molar-refractivity contribution in [1.29, 1.82) is 0 Å². The van der Waals surface area contributed by atoms with Gasteiger partial charge in [-0.1, -0.05) is 0 Å². The van der Waals surface area contributed by atoms with Crippen LogP contribution in [0.4, 0.5) is 5.69 Å². The van der Waals surface area contributed by atoms with Crippen LogP contribution in [0.5, 0.6) is 0 Å². The number of aromatic nitrogens is 2. The number of aryl methyl sites for hydroxylation is 1. The van der Waals surface area contributed by atoms with Gasteiger partial charge in [-0.25, -0.2) is 4.98 Å². The Balaban J connectivity index is 1.80. The summed E-state index contributed by atoms with van der Waals surface area (Å²) in [6, 6.07) is 4.02. The van der Waals surface area contributed by atoms with Crippen molar-refractivity contribution >= 4 is 11.6 Å². The summed E-state index contributed by atoms with van der Waals surface area (Å²) in [5.74, 6) is 0.0770. The molecule has 0 unspecified atom stereocenters. The standard InChI is InChI=1S/C16H20N4O3/c1-11-6-12(19(2)3)7-13(18-11)15-9-20(4-5-22-15)16(21)14-8-17-10-23-14/h6-8,10,15H,4-5,9H2,1-3H3/t15-/m1/s1. The van der Waals surface area contributed by atoms with Crippen molar-refractivity contribution < 1.29 is 13.9 Å². The van der Waals surface area contributed by atoms with Gasteiger partial charge in [0, 0.05) is 32.0 Å². The molecule has 1 aliphatic heterocycles. The molecule has 0 aromatic carbocycles. The zero-order valence-electron chi connectivity index (χ0n) is 13.5. The molecule has 3 heterocycles. The van der Waals surface area contributed by atoms with Gasteiger partial charge in [-0.3, -0.25) is 9.78 Å². The van der Waals surface area contributed by atoms with Gasteiger partial charge in [-0.15, -0.1) is 0 Å². The Morgan fingerprint density at radius 3 is 2.91 bits per heavy atom. The van der Waals surface area contributed by atoms with Gasteiger partial charge in [-0.05, 0) is 19.1 Å². The first kappa shape index (κ1) is 15.5. The summed E-state index contributed by atoms with van der Waals surface area (Å²) in [6.07, 6.45) is 2.45. The first-order valence-corrected chi connectivity index (χ1v) is 7.50. The van der Waals surface area contributed by atoms with Gasteiger partial charge in [0.2, 0.25) is 5.76 Å². The highest BCUT2D eigenvalue weighted by atomic mass is 16.5. The molecule has 23 heavy (non-hydrogen) atoms. The summed E-state index contributed by atoms with van der Waals surface area (Å²) in [6.45, 7) is 3.40. The smallest absolute Gasteiger partial charge is 0.291 e. The zero-order chi connectivity index (χ0) is 16.4. The van der Waals surface area contributed by atoms with Crippen molar-refractivity contribution in [3.05, 3.63) is 41.9 Å². The predicted molar refractivity (Wildman–Crippen MR) is 84.4 cm³/mol. The Bertz CT molecular complexity index is 685. The summed E-state index contributed by atoms with van der Waals surface area (Å²) in [4.78, 5) is 24.5. The van der Waals surface area contributed by atoms with Gasteiger partial charge in [-0.2, -0.15) is 0 Å². The van der Waals surface area contributed by atoms with Gasteiger partial charge < -0.3 is 19.0 Å². The molecule has 7 nitrogen and oxygen atoms in total. The van der Waals surface area contributed by atoms with Crippen molar-refractivity contribution in [3.63, 3.8) is 0 Å². The van der Waals surface area contributed by atoms with Crippen molar-refractivity contribution in [2.45, 2.75) is 13.0 Å². The van der Waals surface area contributed by atoms with Crippen LogP contribution >= 0.6 is 0 Å². The summed E-state index contributed by atoms with van der Waals surface area (Å²) >= 11 is 0. The van der Waals surface area contributed by atoms with Crippen LogP contribution in [0.3, 0.4) is 0 Å². The first-order chi connectivity index (χ1) is 11.0. The van der Waals surface area contributed by atoms with Crippen LogP contribution in [0, 0.1) is 6.92 Å². The third kappa shape index (κ3) is 3.34. The van der Waals surface area contributed by atoms with Crippen LogP contribution in [0.25, 0.3) is 0 Å². The third-order valence-electron chi connectivity index (χ3n) is 3.80. The van der Waals surface area contributed by atoms with E-state index in [1.807, 2.05) is 38.1 Å². The number of hydrogen-bond donors (Lipinski definition) is 0. The third-order valence-corrected chi connectivity index (χ3v) is 3.80. The number of ether oxygens (including phenoxy) is 1. The van der Waals surface area contributed by atoms with Crippen molar-refractivity contribution in [3.8, 4) is 0 Å². The second kappa shape index (κ2) is 6.37. The Kier molecular flexibility index (Phi) is 4.29. The summed E-state index contributed by atoms with van der Waals surface area (Å²) in [5.41, 5.74) is 2.83. The van der Waals surface area contributed by atoms with Crippen LogP contribution in [-0.2, 0) is 4.74 Å². The fourth-order valence-corrected chi connectivity index (χ4v) is 2.59. The second-order valence-corrected chi connectivity index (χ2v) is 5.76. The number of hydrogen-bond acceptors (Lipinski definition) is 6. The molecule has 1 amide bonds. The lowest BCUT2D eigenvalue weighted by molar-refractivity contribution is -0.0256. The zero-order valence-corrected chi connectivity index (χ0v) is 13.5. The van der Waals surface area contributed by atoms with Crippen LogP contribution in [0.1, 0.15) is 28.0 Å². The fraction of sp³-hybridized carbons (Fsp3) is 0.438. The predicted octanol–water partition coefficient (Wildman–Crippen LogP) is 1.66. The van der Waals surface area contributed by atoms with E-state index >= 15 is 0 Å². The van der Waals surface area contributed by atoms with Gasteiger partial charge in [0.25, 0.3) is 5.91 Å². The average Bonchev–Trinajstić information content (AvgIpc) is 3.08. The quantitative estimate of drug-likeness (QED) is 0.857. The van der Waals surface area contributed by atoms with E-state index in [-0.39, 0.29) is 17.8 Å².